The highest BCUT2D eigenvalue weighted by Crippen LogP contribution is 2.41. The fourth-order valence-corrected chi connectivity index (χ4v) is 4.50. The first-order chi connectivity index (χ1) is 15.0. The van der Waals surface area contributed by atoms with Gasteiger partial charge in [0.2, 0.25) is 0 Å². The van der Waals surface area contributed by atoms with Gasteiger partial charge in [-0.2, -0.15) is 0 Å². The van der Waals surface area contributed by atoms with Crippen LogP contribution in [0, 0.1) is 0 Å². The van der Waals surface area contributed by atoms with Gasteiger partial charge in [0.15, 0.2) is 5.82 Å². The van der Waals surface area contributed by atoms with Crippen LogP contribution >= 0.6 is 0 Å². The van der Waals surface area contributed by atoms with Gasteiger partial charge in [-0.1, -0.05) is 18.2 Å². The molecule has 3 heterocycles. The van der Waals surface area contributed by atoms with Crippen molar-refractivity contribution in [2.24, 2.45) is 0 Å². The molecule has 158 valence electrons. The summed E-state index contributed by atoms with van der Waals surface area (Å²) in [6.07, 6.45) is 8.82. The van der Waals surface area contributed by atoms with Gasteiger partial charge in [0, 0.05) is 41.2 Å². The molecule has 0 bridgehead atoms. The molecule has 5 rings (SSSR count). The molecule has 0 radical (unpaired) electrons. The van der Waals surface area contributed by atoms with Crippen LogP contribution in [0.5, 0.6) is 5.75 Å². The summed E-state index contributed by atoms with van der Waals surface area (Å²) in [5, 5.41) is 10.1. The van der Waals surface area contributed by atoms with Gasteiger partial charge in [0.1, 0.15) is 17.0 Å². The number of nitrogens with zero attached hydrogens (tertiary/aromatic N) is 4. The number of para-hydroxylation sites is 1. The zero-order valence-corrected chi connectivity index (χ0v) is 18.0. The number of fused-ring (bicyclic) bond motifs is 3. The molecule has 0 fully saturated rings. The molecule has 6 heteroatoms. The average Bonchev–Trinajstić information content (AvgIpc) is 3.16. The van der Waals surface area contributed by atoms with Gasteiger partial charge in [-0.15, -0.1) is 0 Å². The molecule has 1 aliphatic carbocycles. The fraction of sp³-hybridized carbons (Fsp3) is 0.320. The van der Waals surface area contributed by atoms with Crippen molar-refractivity contribution in [1.82, 2.24) is 19.4 Å². The van der Waals surface area contributed by atoms with Crippen LogP contribution < -0.4 is 4.74 Å². The molecule has 0 amide bonds. The van der Waals surface area contributed by atoms with Crippen LogP contribution in [0.1, 0.15) is 55.4 Å². The molecule has 0 spiro atoms. The van der Waals surface area contributed by atoms with E-state index in [0.717, 1.165) is 47.5 Å². The van der Waals surface area contributed by atoms with E-state index in [-0.39, 0.29) is 5.92 Å². The van der Waals surface area contributed by atoms with Crippen molar-refractivity contribution in [2.45, 2.75) is 44.6 Å². The summed E-state index contributed by atoms with van der Waals surface area (Å²) in [4.78, 5) is 13.7. The lowest BCUT2D eigenvalue weighted by Gasteiger charge is -2.24. The van der Waals surface area contributed by atoms with Gasteiger partial charge in [0.25, 0.3) is 0 Å². The van der Waals surface area contributed by atoms with E-state index in [1.54, 1.807) is 33.4 Å². The number of methoxy groups -OCH3 is 1. The Morgan fingerprint density at radius 1 is 1.06 bits per heavy atom. The molecule has 1 N–H and O–H groups in total. The Balaban J connectivity index is 1.62. The Morgan fingerprint density at radius 2 is 1.84 bits per heavy atom. The van der Waals surface area contributed by atoms with Crippen molar-refractivity contribution in [1.29, 1.82) is 0 Å². The second-order valence-electron chi connectivity index (χ2n) is 8.63. The number of aliphatic hydroxyl groups is 1. The predicted molar refractivity (Wildman–Crippen MR) is 119 cm³/mol. The maximum atomic E-state index is 10.1. The van der Waals surface area contributed by atoms with E-state index in [9.17, 15) is 5.11 Å². The first kappa shape index (κ1) is 19.7. The minimum absolute atomic E-state index is 0.235. The molecule has 0 saturated heterocycles. The van der Waals surface area contributed by atoms with E-state index in [2.05, 4.69) is 38.8 Å². The minimum Gasteiger partial charge on any atom is -0.496 e. The monoisotopic (exact) mass is 414 g/mol. The van der Waals surface area contributed by atoms with Crippen molar-refractivity contribution >= 4 is 5.65 Å². The molecule has 1 aromatic carbocycles. The first-order valence-electron chi connectivity index (χ1n) is 10.6. The number of hydrogen-bond acceptors (Lipinski definition) is 5. The molecular weight excluding hydrogens is 388 g/mol. The molecule has 4 aromatic rings. The molecule has 6 nitrogen and oxygen atoms in total. The summed E-state index contributed by atoms with van der Waals surface area (Å²) in [5.41, 5.74) is 5.41. The zero-order valence-electron chi connectivity index (χ0n) is 18.0. The summed E-state index contributed by atoms with van der Waals surface area (Å²) >= 11 is 0. The quantitative estimate of drug-likeness (QED) is 0.532. The standard InChI is InChI=1S/C25H26N4O2/c1-25(2,30)24-26-13-17(14-27-24)16-11-12-22-28-20-9-6-8-19(23(20)29(22)15-16)18-7-4-5-10-21(18)31-3/h4-5,7,10-15,19,30H,6,8-9H2,1-3H3. The first-order valence-corrected chi connectivity index (χ1v) is 10.6. The van der Waals surface area contributed by atoms with E-state index < -0.39 is 5.60 Å². The van der Waals surface area contributed by atoms with Gasteiger partial charge in [-0.3, -0.25) is 0 Å². The normalized spacial score (nSPS) is 16.3. The van der Waals surface area contributed by atoms with Gasteiger partial charge in [-0.05, 0) is 51.3 Å². The van der Waals surface area contributed by atoms with Crippen molar-refractivity contribution in [3.05, 3.63) is 77.8 Å². The summed E-state index contributed by atoms with van der Waals surface area (Å²) in [7, 11) is 1.73. The van der Waals surface area contributed by atoms with Crippen LogP contribution in [0.3, 0.4) is 0 Å². The number of aromatic nitrogens is 4. The Morgan fingerprint density at radius 3 is 2.58 bits per heavy atom. The molecule has 1 atom stereocenters. The molecule has 1 aliphatic rings. The number of imidazole rings is 1. The smallest absolute Gasteiger partial charge is 0.159 e. The molecule has 0 saturated carbocycles. The molecule has 1 unspecified atom stereocenters. The number of rotatable bonds is 4. The number of benzene rings is 1. The summed E-state index contributed by atoms with van der Waals surface area (Å²) in [6.45, 7) is 3.37. The van der Waals surface area contributed by atoms with Crippen LogP contribution in [-0.4, -0.2) is 31.6 Å². The third kappa shape index (κ3) is 3.47. The molecular formula is C25H26N4O2. The maximum absolute atomic E-state index is 10.1. The largest absolute Gasteiger partial charge is 0.496 e. The summed E-state index contributed by atoms with van der Waals surface area (Å²) < 4.78 is 7.88. The number of ether oxygens (including phenoxy) is 1. The van der Waals surface area contributed by atoms with E-state index >= 15 is 0 Å². The highest BCUT2D eigenvalue weighted by atomic mass is 16.5. The highest BCUT2D eigenvalue weighted by Gasteiger charge is 2.29. The maximum Gasteiger partial charge on any atom is 0.159 e. The average molecular weight is 415 g/mol. The second-order valence-corrected chi connectivity index (χ2v) is 8.63. The van der Waals surface area contributed by atoms with Crippen molar-refractivity contribution in [3.63, 3.8) is 0 Å². The Kier molecular flexibility index (Phi) is 4.74. The van der Waals surface area contributed by atoms with E-state index in [4.69, 9.17) is 9.72 Å². The van der Waals surface area contributed by atoms with Crippen LogP contribution in [0.25, 0.3) is 16.8 Å². The zero-order chi connectivity index (χ0) is 21.6. The van der Waals surface area contributed by atoms with Gasteiger partial charge in [0.05, 0.1) is 18.5 Å². The Bertz CT molecular complexity index is 1240. The Labute approximate surface area is 181 Å². The van der Waals surface area contributed by atoms with E-state index in [1.165, 1.54) is 11.3 Å². The van der Waals surface area contributed by atoms with Crippen LogP contribution in [0.2, 0.25) is 0 Å². The van der Waals surface area contributed by atoms with E-state index in [0.29, 0.717) is 5.82 Å². The number of hydrogen-bond donors (Lipinski definition) is 1. The summed E-state index contributed by atoms with van der Waals surface area (Å²) in [6, 6.07) is 12.4. The lowest BCUT2D eigenvalue weighted by Crippen LogP contribution is -2.19. The Hall–Kier alpha value is -3.25. The van der Waals surface area contributed by atoms with Crippen molar-refractivity contribution in [3.8, 4) is 16.9 Å². The fourth-order valence-electron chi connectivity index (χ4n) is 4.50. The molecule has 31 heavy (non-hydrogen) atoms. The van der Waals surface area contributed by atoms with Gasteiger partial charge >= 0.3 is 0 Å². The van der Waals surface area contributed by atoms with Gasteiger partial charge in [-0.25, -0.2) is 15.0 Å². The predicted octanol–water partition coefficient (Wildman–Crippen LogP) is 4.50. The topological polar surface area (TPSA) is 72.5 Å². The number of pyridine rings is 1. The van der Waals surface area contributed by atoms with Crippen molar-refractivity contribution in [2.75, 3.05) is 7.11 Å². The number of aryl methyl sites for hydroxylation is 1. The lowest BCUT2D eigenvalue weighted by atomic mass is 9.84. The highest BCUT2D eigenvalue weighted by molar-refractivity contribution is 5.64. The lowest BCUT2D eigenvalue weighted by molar-refractivity contribution is 0.0687. The van der Waals surface area contributed by atoms with Crippen LogP contribution in [-0.2, 0) is 12.0 Å². The SMILES string of the molecule is COc1ccccc1C1CCCc2nc3ccc(-c4cnc(C(C)(C)O)nc4)cn3c21. The minimum atomic E-state index is -1.06. The third-order valence-electron chi connectivity index (χ3n) is 6.01. The van der Waals surface area contributed by atoms with Crippen molar-refractivity contribution < 1.29 is 9.84 Å². The summed E-state index contributed by atoms with van der Waals surface area (Å²) in [5.74, 6) is 1.56. The molecule has 0 aliphatic heterocycles. The van der Waals surface area contributed by atoms with Crippen LogP contribution in [0.15, 0.2) is 55.0 Å². The third-order valence-corrected chi connectivity index (χ3v) is 6.01. The van der Waals surface area contributed by atoms with E-state index in [1.807, 2.05) is 18.2 Å². The van der Waals surface area contributed by atoms with Gasteiger partial charge < -0.3 is 14.2 Å². The second kappa shape index (κ2) is 7.46. The van der Waals surface area contributed by atoms with Crippen LogP contribution in [0.4, 0.5) is 0 Å². The molecule has 3 aromatic heterocycles.